The minimum Gasteiger partial charge on any atom is -0.457 e. The quantitative estimate of drug-likeness (QED) is 0.703. The first kappa shape index (κ1) is 18.7. The Bertz CT molecular complexity index is 1030. The van der Waals surface area contributed by atoms with E-state index in [1.807, 2.05) is 80.6 Å². The van der Waals surface area contributed by atoms with Crippen LogP contribution in [-0.2, 0) is 9.59 Å². The van der Waals surface area contributed by atoms with Crippen LogP contribution in [0.25, 0.3) is 0 Å². The summed E-state index contributed by atoms with van der Waals surface area (Å²) in [5, 5.41) is 5.68. The first-order valence-corrected chi connectivity index (χ1v) is 9.54. The maximum Gasteiger partial charge on any atom is 0.243 e. The van der Waals surface area contributed by atoms with E-state index in [4.69, 9.17) is 4.74 Å². The summed E-state index contributed by atoms with van der Waals surface area (Å²) >= 11 is 0. The number of nitrogens with one attached hydrogen (secondary N) is 2. The zero-order valence-corrected chi connectivity index (χ0v) is 16.4. The molecule has 4 rings (SSSR count). The Morgan fingerprint density at radius 2 is 1.38 bits per heavy atom. The molecule has 0 bridgehead atoms. The van der Waals surface area contributed by atoms with Gasteiger partial charge in [0.05, 0.1) is 12.5 Å². The number of benzene rings is 3. The van der Waals surface area contributed by atoms with Gasteiger partial charge in [-0.25, -0.2) is 0 Å². The third-order valence-corrected chi connectivity index (χ3v) is 5.11. The lowest BCUT2D eigenvalue weighted by Gasteiger charge is -2.27. The number of amides is 2. The molecule has 2 amide bonds. The lowest BCUT2D eigenvalue weighted by atomic mass is 9.87. The van der Waals surface area contributed by atoms with Crippen LogP contribution in [0.1, 0.15) is 28.2 Å². The molecule has 146 valence electrons. The molecule has 0 aromatic heterocycles. The predicted molar refractivity (Wildman–Crippen MR) is 112 cm³/mol. The van der Waals surface area contributed by atoms with Crippen LogP contribution in [0, 0.1) is 13.8 Å². The summed E-state index contributed by atoms with van der Waals surface area (Å²) in [6.07, 6.45) is 0. The number of anilines is 1. The summed E-state index contributed by atoms with van der Waals surface area (Å²) in [6, 6.07) is 20.8. The van der Waals surface area contributed by atoms with E-state index in [2.05, 4.69) is 10.6 Å². The maximum atomic E-state index is 13.1. The molecule has 0 fully saturated rings. The van der Waals surface area contributed by atoms with Gasteiger partial charge in [0.15, 0.2) is 0 Å². The maximum absolute atomic E-state index is 13.1. The van der Waals surface area contributed by atoms with Crippen molar-refractivity contribution in [2.45, 2.75) is 19.8 Å². The number of para-hydroxylation sites is 3. The van der Waals surface area contributed by atoms with Crippen molar-refractivity contribution in [1.82, 2.24) is 5.32 Å². The molecule has 2 N–H and O–H groups in total. The van der Waals surface area contributed by atoms with Crippen molar-refractivity contribution in [3.05, 3.63) is 89.0 Å². The van der Waals surface area contributed by atoms with Crippen LogP contribution in [0.5, 0.6) is 11.5 Å². The third-order valence-electron chi connectivity index (χ3n) is 5.11. The van der Waals surface area contributed by atoms with Crippen LogP contribution in [0.2, 0.25) is 0 Å². The summed E-state index contributed by atoms with van der Waals surface area (Å²) in [4.78, 5) is 25.5. The Morgan fingerprint density at radius 3 is 1.97 bits per heavy atom. The van der Waals surface area contributed by atoms with Gasteiger partial charge < -0.3 is 15.4 Å². The summed E-state index contributed by atoms with van der Waals surface area (Å²) in [5.41, 5.74) is 4.33. The molecular formula is C24H22N2O3. The van der Waals surface area contributed by atoms with Crippen LogP contribution < -0.4 is 15.4 Å². The molecule has 3 aromatic carbocycles. The smallest absolute Gasteiger partial charge is 0.243 e. The van der Waals surface area contributed by atoms with E-state index in [-0.39, 0.29) is 18.4 Å². The van der Waals surface area contributed by atoms with Gasteiger partial charge in [0.25, 0.3) is 0 Å². The third kappa shape index (κ3) is 3.72. The van der Waals surface area contributed by atoms with Crippen LogP contribution >= 0.6 is 0 Å². The van der Waals surface area contributed by atoms with Gasteiger partial charge in [-0.05, 0) is 37.1 Å². The Morgan fingerprint density at radius 1 is 0.828 bits per heavy atom. The molecule has 1 heterocycles. The lowest BCUT2D eigenvalue weighted by Crippen LogP contribution is -2.37. The van der Waals surface area contributed by atoms with Gasteiger partial charge in [-0.1, -0.05) is 54.6 Å². The Kier molecular flexibility index (Phi) is 5.04. The minimum absolute atomic E-state index is 0.103. The SMILES string of the molecule is Cc1cccc(C)c1NC(=O)CNC(=O)C1c2ccccc2Oc2ccccc21. The largest absolute Gasteiger partial charge is 0.457 e. The molecule has 1 aliphatic rings. The van der Waals surface area contributed by atoms with Crippen LogP contribution in [0.15, 0.2) is 66.7 Å². The minimum atomic E-state index is -0.524. The molecule has 5 nitrogen and oxygen atoms in total. The second kappa shape index (κ2) is 7.80. The van der Waals surface area contributed by atoms with Gasteiger partial charge in [-0.3, -0.25) is 9.59 Å². The number of rotatable bonds is 4. The Hall–Kier alpha value is -3.60. The molecule has 29 heavy (non-hydrogen) atoms. The highest BCUT2D eigenvalue weighted by Crippen LogP contribution is 2.43. The fraction of sp³-hybridized carbons (Fsp3) is 0.167. The van der Waals surface area contributed by atoms with Crippen molar-refractivity contribution in [3.8, 4) is 11.5 Å². The Balaban J connectivity index is 1.51. The molecule has 0 aliphatic carbocycles. The van der Waals surface area contributed by atoms with Gasteiger partial charge >= 0.3 is 0 Å². The van der Waals surface area contributed by atoms with Crippen LogP contribution in [-0.4, -0.2) is 18.4 Å². The summed E-state index contributed by atoms with van der Waals surface area (Å²) < 4.78 is 5.93. The molecule has 0 unspecified atom stereocenters. The molecule has 0 atom stereocenters. The summed E-state index contributed by atoms with van der Waals surface area (Å²) in [5.74, 6) is 0.302. The molecule has 0 radical (unpaired) electrons. The van der Waals surface area contributed by atoms with E-state index in [0.29, 0.717) is 11.5 Å². The number of carbonyl (C=O) groups is 2. The average molecular weight is 386 g/mol. The number of ether oxygens (including phenoxy) is 1. The summed E-state index contributed by atoms with van der Waals surface area (Å²) in [7, 11) is 0. The van der Waals surface area contributed by atoms with Crippen molar-refractivity contribution in [2.24, 2.45) is 0 Å². The highest BCUT2D eigenvalue weighted by molar-refractivity contribution is 5.97. The van der Waals surface area contributed by atoms with Crippen molar-refractivity contribution < 1.29 is 14.3 Å². The van der Waals surface area contributed by atoms with Crippen LogP contribution in [0.4, 0.5) is 5.69 Å². The molecule has 0 saturated carbocycles. The van der Waals surface area contributed by atoms with Crippen LogP contribution in [0.3, 0.4) is 0 Å². The molecule has 1 aliphatic heterocycles. The second-order valence-corrected chi connectivity index (χ2v) is 7.14. The van der Waals surface area contributed by atoms with E-state index >= 15 is 0 Å². The van der Waals surface area contributed by atoms with Crippen molar-refractivity contribution >= 4 is 17.5 Å². The zero-order valence-electron chi connectivity index (χ0n) is 16.4. The number of hydrogen-bond acceptors (Lipinski definition) is 3. The van der Waals surface area contributed by atoms with Gasteiger partial charge in [0.1, 0.15) is 11.5 Å². The average Bonchev–Trinajstić information content (AvgIpc) is 2.73. The number of fused-ring (bicyclic) bond motifs is 2. The highest BCUT2D eigenvalue weighted by atomic mass is 16.5. The molecule has 5 heteroatoms. The molecular weight excluding hydrogens is 364 g/mol. The monoisotopic (exact) mass is 386 g/mol. The van der Waals surface area contributed by atoms with Gasteiger partial charge in [-0.15, -0.1) is 0 Å². The number of carbonyl (C=O) groups excluding carboxylic acids is 2. The fourth-order valence-electron chi connectivity index (χ4n) is 3.66. The topological polar surface area (TPSA) is 67.4 Å². The summed E-state index contributed by atoms with van der Waals surface area (Å²) in [6.45, 7) is 3.78. The zero-order chi connectivity index (χ0) is 20.4. The first-order valence-electron chi connectivity index (χ1n) is 9.54. The van der Waals surface area contributed by atoms with Crippen molar-refractivity contribution in [2.75, 3.05) is 11.9 Å². The number of aryl methyl sites for hydroxylation is 2. The van der Waals surface area contributed by atoms with E-state index < -0.39 is 5.92 Å². The highest BCUT2D eigenvalue weighted by Gasteiger charge is 2.32. The van der Waals surface area contributed by atoms with Crippen molar-refractivity contribution in [1.29, 1.82) is 0 Å². The fourth-order valence-corrected chi connectivity index (χ4v) is 3.66. The van der Waals surface area contributed by atoms with E-state index in [9.17, 15) is 9.59 Å². The molecule has 0 saturated heterocycles. The molecule has 0 spiro atoms. The van der Waals surface area contributed by atoms with E-state index in [0.717, 1.165) is 27.9 Å². The Labute approximate surface area is 169 Å². The van der Waals surface area contributed by atoms with Gasteiger partial charge in [-0.2, -0.15) is 0 Å². The van der Waals surface area contributed by atoms with E-state index in [1.54, 1.807) is 0 Å². The van der Waals surface area contributed by atoms with Gasteiger partial charge in [0.2, 0.25) is 11.8 Å². The van der Waals surface area contributed by atoms with Gasteiger partial charge in [0, 0.05) is 16.8 Å². The number of hydrogen-bond donors (Lipinski definition) is 2. The molecule has 3 aromatic rings. The van der Waals surface area contributed by atoms with Crippen molar-refractivity contribution in [3.63, 3.8) is 0 Å². The predicted octanol–water partition coefficient (Wildman–Crippen LogP) is 4.30. The second-order valence-electron chi connectivity index (χ2n) is 7.14. The van der Waals surface area contributed by atoms with E-state index in [1.165, 1.54) is 0 Å². The standard InChI is InChI=1S/C24H22N2O3/c1-15-8-7-9-16(2)23(15)26-21(27)14-25-24(28)22-17-10-3-5-12-19(17)29-20-13-6-4-11-18(20)22/h3-13,22H,14H2,1-2H3,(H,25,28)(H,26,27). The first-order chi connectivity index (χ1) is 14.0. The lowest BCUT2D eigenvalue weighted by molar-refractivity contribution is -0.124. The normalized spacial score (nSPS) is 12.3.